The molecule has 0 radical (unpaired) electrons. The second-order valence-corrected chi connectivity index (χ2v) is 5.02. The van der Waals surface area contributed by atoms with Gasteiger partial charge in [-0.05, 0) is 24.3 Å². The van der Waals surface area contributed by atoms with Crippen LogP contribution in [0.25, 0.3) is 0 Å². The van der Waals surface area contributed by atoms with Crippen LogP contribution in [0.3, 0.4) is 0 Å². The molecule has 1 aliphatic heterocycles. The zero-order valence-electron chi connectivity index (χ0n) is 12.5. The average molecular weight is 309 g/mol. The van der Waals surface area contributed by atoms with Gasteiger partial charge >= 0.3 is 6.09 Å². The summed E-state index contributed by atoms with van der Waals surface area (Å²) in [6, 6.07) is 16.2. The highest BCUT2D eigenvalue weighted by atomic mass is 16.6. The number of nitrogens with one attached hydrogen (secondary N) is 1. The number of rotatable bonds is 3. The first-order valence-electron chi connectivity index (χ1n) is 7.08. The number of amides is 2. The van der Waals surface area contributed by atoms with E-state index < -0.39 is 6.09 Å². The maximum Gasteiger partial charge on any atom is 0.430 e. The molecule has 3 rings (SSSR count). The van der Waals surface area contributed by atoms with Gasteiger partial charge in [0.25, 0.3) is 5.91 Å². The fourth-order valence-electron chi connectivity index (χ4n) is 2.15. The third-order valence-electron chi connectivity index (χ3n) is 3.38. The lowest BCUT2D eigenvalue weighted by molar-refractivity contribution is 0.102. The summed E-state index contributed by atoms with van der Waals surface area (Å²) in [5, 5.41) is 8.15. The van der Waals surface area contributed by atoms with Crippen LogP contribution in [-0.2, 0) is 4.74 Å². The van der Waals surface area contributed by atoms with Gasteiger partial charge in [0, 0.05) is 23.9 Å². The van der Waals surface area contributed by atoms with Crippen LogP contribution in [0.5, 0.6) is 0 Å². The minimum atomic E-state index is -0.472. The molecule has 0 spiro atoms. The summed E-state index contributed by atoms with van der Waals surface area (Å²) < 4.78 is 5.00. The van der Waals surface area contributed by atoms with Crippen LogP contribution in [0.1, 0.15) is 15.9 Å². The van der Waals surface area contributed by atoms with Gasteiger partial charge in [0.2, 0.25) is 0 Å². The molecule has 23 heavy (non-hydrogen) atoms. The van der Waals surface area contributed by atoms with E-state index in [2.05, 4.69) is 10.4 Å². The van der Waals surface area contributed by atoms with Crippen molar-refractivity contribution < 1.29 is 14.3 Å². The minimum absolute atomic E-state index is 0.138. The summed E-state index contributed by atoms with van der Waals surface area (Å²) in [6.45, 7) is 0.138. The van der Waals surface area contributed by atoms with E-state index in [0.717, 1.165) is 10.6 Å². The molecule has 1 N–H and O–H groups in total. The van der Waals surface area contributed by atoms with Gasteiger partial charge in [-0.2, -0.15) is 5.10 Å². The van der Waals surface area contributed by atoms with Crippen molar-refractivity contribution in [3.05, 3.63) is 65.7 Å². The topological polar surface area (TPSA) is 71.0 Å². The largest absolute Gasteiger partial charge is 0.442 e. The zero-order chi connectivity index (χ0) is 16.2. The standard InChI is InChI=1S/C17H15N3O3/c1-20-17(22)23-11-15(19-20)12-7-9-14(10-8-12)18-16(21)13-5-3-2-4-6-13/h2-10H,11H2,1H3,(H,18,21). The molecule has 0 aliphatic carbocycles. The van der Waals surface area contributed by atoms with Gasteiger partial charge in [0.1, 0.15) is 12.3 Å². The highest BCUT2D eigenvalue weighted by Gasteiger charge is 2.19. The van der Waals surface area contributed by atoms with Crippen LogP contribution in [0, 0.1) is 0 Å². The summed E-state index contributed by atoms with van der Waals surface area (Å²) in [5.41, 5.74) is 2.78. The van der Waals surface area contributed by atoms with Crippen LogP contribution in [0.15, 0.2) is 59.7 Å². The van der Waals surface area contributed by atoms with Crippen molar-refractivity contribution in [2.75, 3.05) is 19.0 Å². The Morgan fingerprint density at radius 3 is 2.48 bits per heavy atom. The molecule has 6 heteroatoms. The average Bonchev–Trinajstić information content (AvgIpc) is 2.59. The fourth-order valence-corrected chi connectivity index (χ4v) is 2.15. The van der Waals surface area contributed by atoms with E-state index in [1.807, 2.05) is 30.3 Å². The van der Waals surface area contributed by atoms with Crippen LogP contribution in [0.4, 0.5) is 10.5 Å². The molecule has 1 aliphatic rings. The molecular formula is C17H15N3O3. The van der Waals surface area contributed by atoms with E-state index in [9.17, 15) is 9.59 Å². The molecule has 0 fully saturated rings. The maximum absolute atomic E-state index is 12.1. The van der Waals surface area contributed by atoms with E-state index >= 15 is 0 Å². The monoisotopic (exact) mass is 309 g/mol. The molecule has 2 amide bonds. The highest BCUT2D eigenvalue weighted by molar-refractivity contribution is 6.06. The smallest absolute Gasteiger partial charge is 0.430 e. The minimum Gasteiger partial charge on any atom is -0.442 e. The lowest BCUT2D eigenvalue weighted by atomic mass is 10.1. The molecule has 0 unspecified atom stereocenters. The van der Waals surface area contributed by atoms with Crippen LogP contribution in [-0.4, -0.2) is 36.4 Å². The summed E-state index contributed by atoms with van der Waals surface area (Å²) in [7, 11) is 1.54. The first-order chi connectivity index (χ1) is 11.1. The Hall–Kier alpha value is -3.15. The van der Waals surface area contributed by atoms with Crippen molar-refractivity contribution in [2.24, 2.45) is 5.10 Å². The van der Waals surface area contributed by atoms with Gasteiger partial charge in [0.15, 0.2) is 0 Å². The van der Waals surface area contributed by atoms with E-state index in [4.69, 9.17) is 4.74 Å². The highest BCUT2D eigenvalue weighted by Crippen LogP contribution is 2.14. The van der Waals surface area contributed by atoms with E-state index in [1.165, 1.54) is 7.05 Å². The molecule has 0 saturated heterocycles. The molecule has 1 heterocycles. The van der Waals surface area contributed by atoms with Gasteiger partial charge in [-0.3, -0.25) is 4.79 Å². The SMILES string of the molecule is CN1N=C(c2ccc(NC(=O)c3ccccc3)cc2)COC1=O. The number of hydrazone groups is 1. The number of carbonyl (C=O) groups is 2. The molecule has 116 valence electrons. The lowest BCUT2D eigenvalue weighted by Crippen LogP contribution is -2.32. The Morgan fingerprint density at radius 1 is 1.13 bits per heavy atom. The summed E-state index contributed by atoms with van der Waals surface area (Å²) in [4.78, 5) is 23.3. The van der Waals surface area contributed by atoms with Gasteiger partial charge in [-0.15, -0.1) is 0 Å². The second kappa shape index (κ2) is 6.31. The van der Waals surface area contributed by atoms with Crippen molar-refractivity contribution in [1.82, 2.24) is 5.01 Å². The first kappa shape index (κ1) is 14.8. The van der Waals surface area contributed by atoms with E-state index in [-0.39, 0.29) is 12.5 Å². The van der Waals surface area contributed by atoms with Gasteiger partial charge in [-0.25, -0.2) is 9.80 Å². The van der Waals surface area contributed by atoms with Gasteiger partial charge in [0.05, 0.1) is 0 Å². The lowest BCUT2D eigenvalue weighted by Gasteiger charge is -2.19. The van der Waals surface area contributed by atoms with Crippen molar-refractivity contribution >= 4 is 23.4 Å². The zero-order valence-corrected chi connectivity index (χ0v) is 12.5. The number of hydrogen-bond acceptors (Lipinski definition) is 4. The van der Waals surface area contributed by atoms with Crippen molar-refractivity contribution in [3.63, 3.8) is 0 Å². The Bertz CT molecular complexity index is 754. The number of hydrogen-bond donors (Lipinski definition) is 1. The van der Waals surface area contributed by atoms with Crippen molar-refractivity contribution in [3.8, 4) is 0 Å². The number of carbonyl (C=O) groups excluding carboxylic acids is 2. The molecule has 2 aromatic rings. The van der Waals surface area contributed by atoms with Gasteiger partial charge in [-0.1, -0.05) is 30.3 Å². The molecule has 0 saturated carbocycles. The predicted octanol–water partition coefficient (Wildman–Crippen LogP) is 2.73. The van der Waals surface area contributed by atoms with Crippen LogP contribution < -0.4 is 5.32 Å². The number of benzene rings is 2. The molecule has 0 aromatic heterocycles. The third-order valence-corrected chi connectivity index (χ3v) is 3.38. The molecule has 0 atom stereocenters. The van der Waals surface area contributed by atoms with E-state index in [0.29, 0.717) is 17.0 Å². The fraction of sp³-hybridized carbons (Fsp3) is 0.118. The summed E-state index contributed by atoms with van der Waals surface area (Å²) >= 11 is 0. The Labute approximate surface area is 133 Å². The predicted molar refractivity (Wildman–Crippen MR) is 86.5 cm³/mol. The van der Waals surface area contributed by atoms with E-state index in [1.54, 1.807) is 24.3 Å². The maximum atomic E-state index is 12.1. The summed E-state index contributed by atoms with van der Waals surface area (Å²) in [5.74, 6) is -0.165. The molecule has 0 bridgehead atoms. The second-order valence-electron chi connectivity index (χ2n) is 5.02. The van der Waals surface area contributed by atoms with Crippen molar-refractivity contribution in [2.45, 2.75) is 0 Å². The normalized spacial score (nSPS) is 14.0. The van der Waals surface area contributed by atoms with Crippen LogP contribution >= 0.6 is 0 Å². The van der Waals surface area contributed by atoms with Gasteiger partial charge < -0.3 is 10.1 Å². The number of nitrogens with zero attached hydrogens (tertiary/aromatic N) is 2. The van der Waals surface area contributed by atoms with Crippen LogP contribution in [0.2, 0.25) is 0 Å². The number of cyclic esters (lactones) is 1. The molecular weight excluding hydrogens is 294 g/mol. The number of anilines is 1. The Balaban J connectivity index is 1.72. The molecule has 6 nitrogen and oxygen atoms in total. The third kappa shape index (κ3) is 3.37. The Morgan fingerprint density at radius 2 is 1.83 bits per heavy atom. The summed E-state index contributed by atoms with van der Waals surface area (Å²) in [6.07, 6.45) is -0.472. The Kier molecular flexibility index (Phi) is 4.05. The quantitative estimate of drug-likeness (QED) is 0.947. The number of ether oxygens (including phenoxy) is 1. The molecule has 2 aromatic carbocycles. The van der Waals surface area contributed by atoms with Crippen molar-refractivity contribution in [1.29, 1.82) is 0 Å². The first-order valence-corrected chi connectivity index (χ1v) is 7.08.